The minimum Gasteiger partial charge on any atom is -0.346 e. The van der Waals surface area contributed by atoms with Gasteiger partial charge in [0.1, 0.15) is 0 Å². The van der Waals surface area contributed by atoms with E-state index in [2.05, 4.69) is 20.8 Å². The Bertz CT molecular complexity index is 419. The molecule has 1 aromatic rings. The van der Waals surface area contributed by atoms with Gasteiger partial charge >= 0.3 is 0 Å². The van der Waals surface area contributed by atoms with Gasteiger partial charge < -0.3 is 15.2 Å². The van der Waals surface area contributed by atoms with E-state index in [4.69, 9.17) is 4.52 Å². The summed E-state index contributed by atoms with van der Waals surface area (Å²) in [5, 5.41) is 10.1. The molecule has 6 nitrogen and oxygen atoms in total. The van der Waals surface area contributed by atoms with Crippen molar-refractivity contribution >= 4 is 5.91 Å². The standard InChI is InChI=1S/C11H16N4O2/c1-6-12-10(15-17-6)11(16)14-9-4-7-2-3-8(5-9)13-7/h7-9,13H,2-5H2,1H3,(H,14,16). The van der Waals surface area contributed by atoms with Gasteiger partial charge in [0.05, 0.1) is 0 Å². The van der Waals surface area contributed by atoms with Crippen molar-refractivity contribution in [3.63, 3.8) is 0 Å². The molecular formula is C11H16N4O2. The van der Waals surface area contributed by atoms with E-state index in [0.29, 0.717) is 18.0 Å². The van der Waals surface area contributed by atoms with Crippen LogP contribution < -0.4 is 10.6 Å². The fourth-order valence-electron chi connectivity index (χ4n) is 2.82. The number of rotatable bonds is 2. The van der Waals surface area contributed by atoms with E-state index in [1.54, 1.807) is 6.92 Å². The highest BCUT2D eigenvalue weighted by molar-refractivity contribution is 5.90. The average molecular weight is 236 g/mol. The van der Waals surface area contributed by atoms with Crippen molar-refractivity contribution in [2.24, 2.45) is 0 Å². The fraction of sp³-hybridized carbons (Fsp3) is 0.727. The van der Waals surface area contributed by atoms with Crippen LogP contribution in [-0.4, -0.2) is 34.2 Å². The Balaban J connectivity index is 1.62. The van der Waals surface area contributed by atoms with E-state index >= 15 is 0 Å². The molecule has 17 heavy (non-hydrogen) atoms. The van der Waals surface area contributed by atoms with Crippen LogP contribution in [0.2, 0.25) is 0 Å². The van der Waals surface area contributed by atoms with Gasteiger partial charge in [-0.1, -0.05) is 5.16 Å². The summed E-state index contributed by atoms with van der Waals surface area (Å²) in [7, 11) is 0. The van der Waals surface area contributed by atoms with Crippen LogP contribution in [0.4, 0.5) is 0 Å². The number of amides is 1. The number of carbonyl (C=O) groups excluding carboxylic acids is 1. The van der Waals surface area contributed by atoms with Gasteiger partial charge in [-0.05, 0) is 25.7 Å². The number of fused-ring (bicyclic) bond motifs is 2. The number of hydrogen-bond donors (Lipinski definition) is 2. The van der Waals surface area contributed by atoms with E-state index in [-0.39, 0.29) is 17.8 Å². The topological polar surface area (TPSA) is 80.0 Å². The largest absolute Gasteiger partial charge is 0.346 e. The molecule has 1 aromatic heterocycles. The van der Waals surface area contributed by atoms with Crippen LogP contribution in [0.25, 0.3) is 0 Å². The van der Waals surface area contributed by atoms with Crippen molar-refractivity contribution < 1.29 is 9.32 Å². The molecule has 0 aliphatic carbocycles. The first-order valence-corrected chi connectivity index (χ1v) is 6.08. The predicted octanol–water partition coefficient (Wildman–Crippen LogP) is 0.391. The smallest absolute Gasteiger partial charge is 0.292 e. The molecule has 2 fully saturated rings. The van der Waals surface area contributed by atoms with Crippen LogP contribution in [-0.2, 0) is 0 Å². The Morgan fingerprint density at radius 2 is 2.12 bits per heavy atom. The first-order valence-electron chi connectivity index (χ1n) is 6.08. The molecule has 0 aromatic carbocycles. The van der Waals surface area contributed by atoms with Gasteiger partial charge in [0.25, 0.3) is 11.7 Å². The maximum absolute atomic E-state index is 11.8. The zero-order valence-electron chi connectivity index (χ0n) is 9.77. The Morgan fingerprint density at radius 3 is 2.71 bits per heavy atom. The lowest BCUT2D eigenvalue weighted by Gasteiger charge is -2.29. The highest BCUT2D eigenvalue weighted by Crippen LogP contribution is 2.26. The Labute approximate surface area is 99.2 Å². The summed E-state index contributed by atoms with van der Waals surface area (Å²) in [6, 6.07) is 1.36. The van der Waals surface area contributed by atoms with Crippen LogP contribution in [0.5, 0.6) is 0 Å². The van der Waals surface area contributed by atoms with Crippen molar-refractivity contribution in [2.75, 3.05) is 0 Å². The number of nitrogens with one attached hydrogen (secondary N) is 2. The minimum atomic E-state index is -0.229. The Hall–Kier alpha value is -1.43. The third-order valence-corrected chi connectivity index (χ3v) is 3.54. The number of carbonyl (C=O) groups is 1. The lowest BCUT2D eigenvalue weighted by Crippen LogP contribution is -2.48. The Kier molecular flexibility index (Phi) is 2.58. The van der Waals surface area contributed by atoms with Crippen molar-refractivity contribution in [1.29, 1.82) is 0 Å². The maximum Gasteiger partial charge on any atom is 0.292 e. The molecule has 3 heterocycles. The summed E-state index contributed by atoms with van der Waals surface area (Å²) in [5.41, 5.74) is 0. The maximum atomic E-state index is 11.8. The predicted molar refractivity (Wildman–Crippen MR) is 59.5 cm³/mol. The molecule has 2 aliphatic rings. The monoisotopic (exact) mass is 236 g/mol. The molecule has 3 rings (SSSR count). The summed E-state index contributed by atoms with van der Waals surface area (Å²) in [6.45, 7) is 1.68. The zero-order chi connectivity index (χ0) is 11.8. The molecule has 2 N–H and O–H groups in total. The van der Waals surface area contributed by atoms with Gasteiger partial charge in [0.2, 0.25) is 5.89 Å². The van der Waals surface area contributed by atoms with Crippen molar-refractivity contribution in [2.45, 2.75) is 50.7 Å². The highest BCUT2D eigenvalue weighted by atomic mass is 16.5. The normalized spacial score (nSPS) is 31.5. The SMILES string of the molecule is Cc1nc(C(=O)NC2CC3CCC(C2)N3)no1. The van der Waals surface area contributed by atoms with Gasteiger partial charge in [-0.25, -0.2) is 0 Å². The second-order valence-corrected chi connectivity index (χ2v) is 4.92. The lowest BCUT2D eigenvalue weighted by atomic mass is 10.00. The number of aromatic nitrogens is 2. The van der Waals surface area contributed by atoms with Gasteiger partial charge in [0.15, 0.2) is 0 Å². The van der Waals surface area contributed by atoms with Crippen LogP contribution in [0.15, 0.2) is 4.52 Å². The molecule has 2 bridgehead atoms. The first kappa shape index (κ1) is 10.7. The van der Waals surface area contributed by atoms with E-state index in [9.17, 15) is 4.79 Å². The highest BCUT2D eigenvalue weighted by Gasteiger charge is 2.34. The first-order chi connectivity index (χ1) is 8.20. The molecule has 2 atom stereocenters. The zero-order valence-corrected chi connectivity index (χ0v) is 9.77. The van der Waals surface area contributed by atoms with Gasteiger partial charge in [-0.15, -0.1) is 0 Å². The van der Waals surface area contributed by atoms with Crippen LogP contribution >= 0.6 is 0 Å². The molecule has 0 spiro atoms. The third kappa shape index (κ3) is 2.17. The van der Waals surface area contributed by atoms with Crippen LogP contribution in [0.3, 0.4) is 0 Å². The summed E-state index contributed by atoms with van der Waals surface area (Å²) in [5.74, 6) is 0.321. The summed E-state index contributed by atoms with van der Waals surface area (Å²) in [4.78, 5) is 15.8. The van der Waals surface area contributed by atoms with Gasteiger partial charge in [-0.3, -0.25) is 4.79 Å². The van der Waals surface area contributed by atoms with E-state index in [1.807, 2.05) is 0 Å². The summed E-state index contributed by atoms with van der Waals surface area (Å²) >= 11 is 0. The van der Waals surface area contributed by atoms with Crippen molar-refractivity contribution in [3.05, 3.63) is 11.7 Å². The van der Waals surface area contributed by atoms with Crippen LogP contribution in [0.1, 0.15) is 42.2 Å². The summed E-state index contributed by atoms with van der Waals surface area (Å²) < 4.78 is 4.80. The molecule has 0 saturated carbocycles. The minimum absolute atomic E-state index is 0.133. The quantitative estimate of drug-likeness (QED) is 0.776. The number of hydrogen-bond acceptors (Lipinski definition) is 5. The third-order valence-electron chi connectivity index (χ3n) is 3.54. The van der Waals surface area contributed by atoms with Crippen LogP contribution in [0, 0.1) is 6.92 Å². The molecule has 1 amide bonds. The second-order valence-electron chi connectivity index (χ2n) is 4.92. The molecule has 2 aliphatic heterocycles. The molecule has 0 radical (unpaired) electrons. The van der Waals surface area contributed by atoms with E-state index < -0.39 is 0 Å². The van der Waals surface area contributed by atoms with Crippen molar-refractivity contribution in [3.8, 4) is 0 Å². The average Bonchev–Trinajstić information content (AvgIpc) is 2.85. The molecule has 92 valence electrons. The lowest BCUT2D eigenvalue weighted by molar-refractivity contribution is 0.0910. The fourth-order valence-corrected chi connectivity index (χ4v) is 2.82. The molecule has 2 unspecified atom stereocenters. The number of aryl methyl sites for hydroxylation is 1. The molecule has 2 saturated heterocycles. The summed E-state index contributed by atoms with van der Waals surface area (Å²) in [6.07, 6.45) is 4.44. The molecular weight excluding hydrogens is 220 g/mol. The van der Waals surface area contributed by atoms with E-state index in [1.165, 1.54) is 12.8 Å². The Morgan fingerprint density at radius 1 is 1.41 bits per heavy atom. The molecule has 6 heteroatoms. The van der Waals surface area contributed by atoms with Gasteiger partial charge in [-0.2, -0.15) is 4.98 Å². The van der Waals surface area contributed by atoms with Gasteiger partial charge in [0, 0.05) is 25.0 Å². The van der Waals surface area contributed by atoms with Crippen molar-refractivity contribution in [1.82, 2.24) is 20.8 Å². The number of piperidine rings is 1. The van der Waals surface area contributed by atoms with E-state index in [0.717, 1.165) is 12.8 Å². The second kappa shape index (κ2) is 4.10. The number of nitrogens with zero attached hydrogens (tertiary/aromatic N) is 2.